The Labute approximate surface area is 119 Å². The molecule has 1 atom stereocenters. The molecule has 1 N–H and O–H groups in total. The van der Waals surface area contributed by atoms with E-state index in [0.29, 0.717) is 6.54 Å². The highest BCUT2D eigenvalue weighted by Crippen LogP contribution is 2.32. The molecule has 3 nitrogen and oxygen atoms in total. The van der Waals surface area contributed by atoms with Crippen molar-refractivity contribution in [3.05, 3.63) is 65.2 Å². The van der Waals surface area contributed by atoms with Crippen LogP contribution in [0.3, 0.4) is 0 Å². The van der Waals surface area contributed by atoms with E-state index in [1.807, 2.05) is 41.1 Å². The second-order valence-electron chi connectivity index (χ2n) is 4.46. The molecule has 0 aliphatic heterocycles. The number of fused-ring (bicyclic) bond motifs is 1. The number of aromatic nitrogens is 2. The van der Waals surface area contributed by atoms with E-state index in [9.17, 15) is 5.11 Å². The number of imidazole rings is 1. The fourth-order valence-corrected chi connectivity index (χ4v) is 2.90. The van der Waals surface area contributed by atoms with Crippen LogP contribution in [0, 0.1) is 0 Å². The Balaban J connectivity index is 2.05. The number of aliphatic hydroxyl groups excluding tert-OH is 1. The van der Waals surface area contributed by atoms with E-state index >= 15 is 0 Å². The molecule has 0 fully saturated rings. The van der Waals surface area contributed by atoms with Crippen LogP contribution < -0.4 is 0 Å². The lowest BCUT2D eigenvalue weighted by molar-refractivity contribution is 0.157. The van der Waals surface area contributed by atoms with E-state index in [-0.39, 0.29) is 0 Å². The molecule has 1 aromatic heterocycles. The molecule has 0 saturated carbocycles. The smallest absolute Gasteiger partial charge is 0.0986 e. The molecule has 0 spiro atoms. The van der Waals surface area contributed by atoms with Crippen LogP contribution in [0.4, 0.5) is 0 Å². The van der Waals surface area contributed by atoms with Gasteiger partial charge in [-0.3, -0.25) is 0 Å². The first-order valence-corrected chi connectivity index (χ1v) is 6.86. The molecule has 19 heavy (non-hydrogen) atoms. The second kappa shape index (κ2) is 5.15. The summed E-state index contributed by atoms with van der Waals surface area (Å²) in [6.07, 6.45) is 4.70. The molecular formula is C15H13BrN2O. The summed E-state index contributed by atoms with van der Waals surface area (Å²) in [5.41, 5.74) is 0.923. The van der Waals surface area contributed by atoms with Crippen LogP contribution in [0.2, 0.25) is 0 Å². The van der Waals surface area contributed by atoms with Crippen molar-refractivity contribution in [2.24, 2.45) is 0 Å². The standard InChI is InChI=1S/C15H13BrN2O/c16-13-6-5-11-3-1-2-4-12(11)15(13)14(19)9-18-8-7-17-10-18/h1-8,10,14,19H,9H2. The number of hydrogen-bond acceptors (Lipinski definition) is 2. The second-order valence-corrected chi connectivity index (χ2v) is 5.31. The predicted molar refractivity (Wildman–Crippen MR) is 78.8 cm³/mol. The average Bonchev–Trinajstić information content (AvgIpc) is 2.91. The summed E-state index contributed by atoms with van der Waals surface area (Å²) >= 11 is 3.54. The Bertz CT molecular complexity index is 694. The lowest BCUT2D eigenvalue weighted by Crippen LogP contribution is -2.08. The minimum Gasteiger partial charge on any atom is -0.386 e. The molecule has 3 rings (SSSR count). The average molecular weight is 317 g/mol. The van der Waals surface area contributed by atoms with Gasteiger partial charge in [0, 0.05) is 22.4 Å². The molecule has 0 bridgehead atoms. The van der Waals surface area contributed by atoms with Crippen LogP contribution in [0.15, 0.2) is 59.6 Å². The van der Waals surface area contributed by atoms with Gasteiger partial charge in [-0.15, -0.1) is 0 Å². The van der Waals surface area contributed by atoms with Crippen molar-refractivity contribution in [1.82, 2.24) is 9.55 Å². The van der Waals surface area contributed by atoms with Gasteiger partial charge in [0.2, 0.25) is 0 Å². The maximum Gasteiger partial charge on any atom is 0.0986 e. The van der Waals surface area contributed by atoms with Gasteiger partial charge in [-0.1, -0.05) is 46.3 Å². The zero-order valence-corrected chi connectivity index (χ0v) is 11.8. The van der Waals surface area contributed by atoms with Crippen LogP contribution in [-0.4, -0.2) is 14.7 Å². The summed E-state index contributed by atoms with van der Waals surface area (Å²) in [6, 6.07) is 12.1. The molecule has 0 aliphatic rings. The number of aliphatic hydroxyl groups is 1. The van der Waals surface area contributed by atoms with Crippen LogP contribution in [0.5, 0.6) is 0 Å². The van der Waals surface area contributed by atoms with E-state index in [1.54, 1.807) is 12.5 Å². The number of nitrogens with zero attached hydrogens (tertiary/aromatic N) is 2. The summed E-state index contributed by atoms with van der Waals surface area (Å²) in [7, 11) is 0. The maximum absolute atomic E-state index is 10.5. The molecular weight excluding hydrogens is 304 g/mol. The van der Waals surface area contributed by atoms with E-state index < -0.39 is 6.10 Å². The van der Waals surface area contributed by atoms with Crippen molar-refractivity contribution in [2.45, 2.75) is 12.6 Å². The van der Waals surface area contributed by atoms with Crippen LogP contribution in [0.25, 0.3) is 10.8 Å². The number of halogens is 1. The quantitative estimate of drug-likeness (QED) is 0.802. The normalized spacial score (nSPS) is 12.7. The molecule has 96 valence electrons. The molecule has 1 unspecified atom stereocenters. The van der Waals surface area contributed by atoms with Crippen LogP contribution >= 0.6 is 15.9 Å². The van der Waals surface area contributed by atoms with Gasteiger partial charge < -0.3 is 9.67 Å². The monoisotopic (exact) mass is 316 g/mol. The summed E-state index contributed by atoms with van der Waals surface area (Å²) in [6.45, 7) is 0.493. The molecule has 0 radical (unpaired) electrons. The van der Waals surface area contributed by atoms with Gasteiger partial charge in [0.15, 0.2) is 0 Å². The molecule has 4 heteroatoms. The molecule has 0 saturated heterocycles. The number of hydrogen-bond donors (Lipinski definition) is 1. The van der Waals surface area contributed by atoms with Crippen molar-refractivity contribution < 1.29 is 5.11 Å². The topological polar surface area (TPSA) is 38.0 Å². The highest BCUT2D eigenvalue weighted by Gasteiger charge is 2.15. The Morgan fingerprint density at radius 1 is 1.21 bits per heavy atom. The lowest BCUT2D eigenvalue weighted by atomic mass is 10.0. The third-order valence-electron chi connectivity index (χ3n) is 3.19. The fraction of sp³-hybridized carbons (Fsp3) is 0.133. The first kappa shape index (κ1) is 12.4. The fourth-order valence-electron chi connectivity index (χ4n) is 2.29. The minimum absolute atomic E-state index is 0.493. The Morgan fingerprint density at radius 2 is 2.05 bits per heavy atom. The summed E-state index contributed by atoms with van der Waals surface area (Å²) in [4.78, 5) is 3.99. The van der Waals surface area contributed by atoms with E-state index in [0.717, 1.165) is 20.8 Å². The first-order valence-electron chi connectivity index (χ1n) is 6.06. The molecule has 2 aromatic carbocycles. The van der Waals surface area contributed by atoms with Gasteiger partial charge in [0.25, 0.3) is 0 Å². The molecule has 3 aromatic rings. The van der Waals surface area contributed by atoms with Gasteiger partial charge in [-0.05, 0) is 16.8 Å². The number of benzene rings is 2. The Hall–Kier alpha value is -1.65. The van der Waals surface area contributed by atoms with Crippen molar-refractivity contribution in [3.8, 4) is 0 Å². The third kappa shape index (κ3) is 2.41. The van der Waals surface area contributed by atoms with Gasteiger partial charge in [-0.2, -0.15) is 0 Å². The summed E-state index contributed by atoms with van der Waals surface area (Å²) < 4.78 is 2.80. The third-order valence-corrected chi connectivity index (χ3v) is 3.89. The summed E-state index contributed by atoms with van der Waals surface area (Å²) in [5, 5.41) is 12.7. The molecule has 0 amide bonds. The lowest BCUT2D eigenvalue weighted by Gasteiger charge is -2.16. The van der Waals surface area contributed by atoms with Gasteiger partial charge in [0.1, 0.15) is 0 Å². The zero-order chi connectivity index (χ0) is 13.2. The van der Waals surface area contributed by atoms with Crippen molar-refractivity contribution in [3.63, 3.8) is 0 Å². The maximum atomic E-state index is 10.5. The predicted octanol–water partition coefficient (Wildman–Crippen LogP) is 3.53. The number of rotatable bonds is 3. The van der Waals surface area contributed by atoms with Gasteiger partial charge in [0.05, 0.1) is 19.0 Å². The minimum atomic E-state index is -0.574. The van der Waals surface area contributed by atoms with Crippen molar-refractivity contribution in [1.29, 1.82) is 0 Å². The highest BCUT2D eigenvalue weighted by atomic mass is 79.9. The van der Waals surface area contributed by atoms with E-state index in [2.05, 4.69) is 27.0 Å². The van der Waals surface area contributed by atoms with Crippen molar-refractivity contribution >= 4 is 26.7 Å². The largest absolute Gasteiger partial charge is 0.386 e. The van der Waals surface area contributed by atoms with Crippen LogP contribution in [0.1, 0.15) is 11.7 Å². The van der Waals surface area contributed by atoms with E-state index in [4.69, 9.17) is 0 Å². The highest BCUT2D eigenvalue weighted by molar-refractivity contribution is 9.10. The molecule has 0 aliphatic carbocycles. The Morgan fingerprint density at radius 3 is 2.84 bits per heavy atom. The van der Waals surface area contributed by atoms with E-state index in [1.165, 1.54) is 0 Å². The first-order chi connectivity index (χ1) is 9.25. The van der Waals surface area contributed by atoms with Gasteiger partial charge >= 0.3 is 0 Å². The SMILES string of the molecule is OC(Cn1ccnc1)c1c(Br)ccc2ccccc12. The zero-order valence-electron chi connectivity index (χ0n) is 10.2. The Kier molecular flexibility index (Phi) is 3.36. The van der Waals surface area contributed by atoms with Gasteiger partial charge in [-0.25, -0.2) is 4.98 Å². The summed E-state index contributed by atoms with van der Waals surface area (Å²) in [5.74, 6) is 0. The molecule has 1 heterocycles. The van der Waals surface area contributed by atoms with Crippen LogP contribution in [-0.2, 0) is 6.54 Å². The van der Waals surface area contributed by atoms with Crippen molar-refractivity contribution in [2.75, 3.05) is 0 Å².